The van der Waals surface area contributed by atoms with Crippen molar-refractivity contribution in [3.63, 3.8) is 0 Å². The molecule has 1 amide bonds. The van der Waals surface area contributed by atoms with Gasteiger partial charge in [0, 0.05) is 20.1 Å². The average Bonchev–Trinajstić information content (AvgIpc) is 3.15. The topological polar surface area (TPSA) is 126 Å². The maximum Gasteiger partial charge on any atom is 0.248 e. The van der Waals surface area contributed by atoms with Crippen molar-refractivity contribution in [2.45, 2.75) is 38.1 Å². The van der Waals surface area contributed by atoms with E-state index in [0.29, 0.717) is 35.7 Å². The molecule has 1 aliphatic rings. The van der Waals surface area contributed by atoms with Gasteiger partial charge in [0.15, 0.2) is 16.4 Å². The second-order valence-electron chi connectivity index (χ2n) is 6.58. The summed E-state index contributed by atoms with van der Waals surface area (Å²) in [5.41, 5.74) is 0.324. The SMILES string of the molecule is Cc1noc(C)c1S(=O)(=O)N1CCCC(C(=O)NCc2n[nH]c(=S)n2C)C1. The molecule has 0 bridgehead atoms. The van der Waals surface area contributed by atoms with Crippen LogP contribution >= 0.6 is 12.2 Å². The number of carbonyl (C=O) groups is 1. The molecule has 2 aromatic heterocycles. The summed E-state index contributed by atoms with van der Waals surface area (Å²) in [7, 11) is -2.00. The van der Waals surface area contributed by atoms with Gasteiger partial charge >= 0.3 is 0 Å². The largest absolute Gasteiger partial charge is 0.360 e. The van der Waals surface area contributed by atoms with Crippen LogP contribution in [0.15, 0.2) is 9.42 Å². The van der Waals surface area contributed by atoms with Gasteiger partial charge in [0.1, 0.15) is 10.6 Å². The van der Waals surface area contributed by atoms with Crippen molar-refractivity contribution < 1.29 is 17.7 Å². The monoisotopic (exact) mass is 414 g/mol. The molecule has 1 unspecified atom stereocenters. The molecule has 1 atom stereocenters. The van der Waals surface area contributed by atoms with E-state index >= 15 is 0 Å². The zero-order chi connectivity index (χ0) is 19.8. The molecule has 1 saturated heterocycles. The van der Waals surface area contributed by atoms with Gasteiger partial charge in [0.2, 0.25) is 15.9 Å². The highest BCUT2D eigenvalue weighted by atomic mass is 32.2. The average molecular weight is 415 g/mol. The van der Waals surface area contributed by atoms with Gasteiger partial charge in [0.05, 0.1) is 12.5 Å². The second-order valence-corrected chi connectivity index (χ2v) is 8.84. The van der Waals surface area contributed by atoms with Gasteiger partial charge in [0.25, 0.3) is 0 Å². The lowest BCUT2D eigenvalue weighted by molar-refractivity contribution is -0.126. The van der Waals surface area contributed by atoms with E-state index in [1.807, 2.05) is 0 Å². The number of nitrogens with zero attached hydrogens (tertiary/aromatic N) is 4. The highest BCUT2D eigenvalue weighted by Crippen LogP contribution is 2.27. The molecule has 10 nitrogen and oxygen atoms in total. The Balaban J connectivity index is 1.69. The number of carbonyl (C=O) groups excluding carboxylic acids is 1. The predicted molar refractivity (Wildman–Crippen MR) is 97.7 cm³/mol. The van der Waals surface area contributed by atoms with Gasteiger partial charge in [-0.3, -0.25) is 9.89 Å². The number of aromatic nitrogens is 4. The number of rotatable bonds is 5. The fourth-order valence-electron chi connectivity index (χ4n) is 3.19. The van der Waals surface area contributed by atoms with E-state index in [-0.39, 0.29) is 29.7 Å². The number of sulfonamides is 1. The van der Waals surface area contributed by atoms with E-state index in [2.05, 4.69) is 20.7 Å². The Morgan fingerprint density at radius 1 is 1.44 bits per heavy atom. The molecule has 0 spiro atoms. The van der Waals surface area contributed by atoms with Crippen molar-refractivity contribution in [2.75, 3.05) is 13.1 Å². The molecule has 0 aliphatic carbocycles. The maximum absolute atomic E-state index is 13.0. The number of hydrogen-bond acceptors (Lipinski definition) is 7. The summed E-state index contributed by atoms with van der Waals surface area (Å²) in [6.45, 7) is 3.86. The zero-order valence-electron chi connectivity index (χ0n) is 15.4. The van der Waals surface area contributed by atoms with Crippen LogP contribution in [0.4, 0.5) is 0 Å². The quantitative estimate of drug-likeness (QED) is 0.693. The maximum atomic E-state index is 13.0. The third-order valence-corrected chi connectivity index (χ3v) is 7.19. The Morgan fingerprint density at radius 2 is 2.19 bits per heavy atom. The lowest BCUT2D eigenvalue weighted by atomic mass is 9.99. The lowest BCUT2D eigenvalue weighted by Gasteiger charge is -2.31. The highest BCUT2D eigenvalue weighted by Gasteiger charge is 2.36. The molecule has 1 fully saturated rings. The lowest BCUT2D eigenvalue weighted by Crippen LogP contribution is -2.45. The summed E-state index contributed by atoms with van der Waals surface area (Å²) in [4.78, 5) is 12.6. The Kier molecular flexibility index (Phi) is 5.49. The molecular weight excluding hydrogens is 392 g/mol. The van der Waals surface area contributed by atoms with Crippen LogP contribution in [-0.2, 0) is 28.4 Å². The Morgan fingerprint density at radius 3 is 2.78 bits per heavy atom. The number of amides is 1. The summed E-state index contributed by atoms with van der Waals surface area (Å²) in [6.07, 6.45) is 1.23. The van der Waals surface area contributed by atoms with E-state index in [1.54, 1.807) is 25.5 Å². The van der Waals surface area contributed by atoms with Crippen molar-refractivity contribution >= 4 is 28.1 Å². The van der Waals surface area contributed by atoms with Gasteiger partial charge in [-0.1, -0.05) is 5.16 Å². The first-order chi connectivity index (χ1) is 12.7. The highest BCUT2D eigenvalue weighted by molar-refractivity contribution is 7.89. The van der Waals surface area contributed by atoms with Crippen LogP contribution in [0, 0.1) is 24.5 Å². The molecular formula is C15H22N6O4S2. The van der Waals surface area contributed by atoms with Crippen LogP contribution in [0.3, 0.4) is 0 Å². The number of aromatic amines is 1. The Labute approximate surface area is 162 Å². The Hall–Kier alpha value is -2.05. The fraction of sp³-hybridized carbons (Fsp3) is 0.600. The van der Waals surface area contributed by atoms with Crippen molar-refractivity contribution in [1.29, 1.82) is 0 Å². The van der Waals surface area contributed by atoms with E-state index in [9.17, 15) is 13.2 Å². The number of H-pyrrole nitrogens is 1. The van der Waals surface area contributed by atoms with Crippen LogP contribution in [0.25, 0.3) is 0 Å². The molecule has 2 N–H and O–H groups in total. The van der Waals surface area contributed by atoms with Crippen molar-refractivity contribution in [1.82, 2.24) is 29.5 Å². The third kappa shape index (κ3) is 3.82. The molecule has 0 aromatic carbocycles. The minimum absolute atomic E-state index is 0.0880. The first-order valence-corrected chi connectivity index (χ1v) is 10.4. The molecule has 2 aromatic rings. The minimum atomic E-state index is -3.76. The van der Waals surface area contributed by atoms with Gasteiger partial charge in [-0.05, 0) is 38.9 Å². The smallest absolute Gasteiger partial charge is 0.248 e. The van der Waals surface area contributed by atoms with E-state index in [0.717, 1.165) is 0 Å². The number of piperidine rings is 1. The van der Waals surface area contributed by atoms with E-state index in [4.69, 9.17) is 16.7 Å². The van der Waals surface area contributed by atoms with E-state index < -0.39 is 15.9 Å². The standard InChI is InChI=1S/C15H22N6O4S2/c1-9-13(10(2)25-19-9)27(23,24)21-6-4-5-11(8-21)14(22)16-7-12-17-18-15(26)20(12)3/h11H,4-8H2,1-3H3,(H,16,22)(H,18,26). The van der Waals surface area contributed by atoms with Gasteiger partial charge < -0.3 is 14.4 Å². The van der Waals surface area contributed by atoms with Gasteiger partial charge in [-0.2, -0.15) is 9.40 Å². The predicted octanol–water partition coefficient (Wildman–Crippen LogP) is 0.800. The second kappa shape index (κ2) is 7.52. The van der Waals surface area contributed by atoms with Gasteiger partial charge in [-0.15, -0.1) is 0 Å². The van der Waals surface area contributed by atoms with Crippen molar-refractivity contribution in [3.8, 4) is 0 Å². The van der Waals surface area contributed by atoms with Crippen molar-refractivity contribution in [3.05, 3.63) is 22.0 Å². The third-order valence-electron chi connectivity index (χ3n) is 4.71. The fourth-order valence-corrected chi connectivity index (χ4v) is 5.16. The van der Waals surface area contributed by atoms with Crippen LogP contribution in [-0.4, -0.2) is 51.6 Å². The summed E-state index contributed by atoms with van der Waals surface area (Å²) in [6, 6.07) is 0. The molecule has 148 valence electrons. The first kappa shape index (κ1) is 19.7. The first-order valence-electron chi connectivity index (χ1n) is 8.52. The number of nitrogens with one attached hydrogen (secondary N) is 2. The number of hydrogen-bond donors (Lipinski definition) is 2. The molecule has 1 aliphatic heterocycles. The molecule has 0 saturated carbocycles. The molecule has 3 heterocycles. The zero-order valence-corrected chi connectivity index (χ0v) is 17.0. The summed E-state index contributed by atoms with van der Waals surface area (Å²) >= 11 is 5.04. The van der Waals surface area contributed by atoms with Crippen LogP contribution in [0.1, 0.15) is 30.1 Å². The molecule has 27 heavy (non-hydrogen) atoms. The molecule has 0 radical (unpaired) electrons. The number of aryl methyl sites for hydroxylation is 2. The van der Waals surface area contributed by atoms with Crippen molar-refractivity contribution in [2.24, 2.45) is 13.0 Å². The van der Waals surface area contributed by atoms with E-state index in [1.165, 1.54) is 4.31 Å². The van der Waals surface area contributed by atoms with Gasteiger partial charge in [-0.25, -0.2) is 8.42 Å². The summed E-state index contributed by atoms with van der Waals surface area (Å²) in [5.74, 6) is 0.220. The summed E-state index contributed by atoms with van der Waals surface area (Å²) < 4.78 is 34.4. The normalized spacial score (nSPS) is 18.6. The van der Waals surface area contributed by atoms with Crippen LogP contribution in [0.2, 0.25) is 0 Å². The molecule has 3 rings (SSSR count). The molecule has 12 heteroatoms. The Bertz CT molecular complexity index is 986. The minimum Gasteiger partial charge on any atom is -0.360 e. The summed E-state index contributed by atoms with van der Waals surface area (Å²) in [5, 5.41) is 13.2. The van der Waals surface area contributed by atoms with Crippen LogP contribution < -0.4 is 5.32 Å². The van der Waals surface area contributed by atoms with Crippen LogP contribution in [0.5, 0.6) is 0 Å².